The van der Waals surface area contributed by atoms with Crippen molar-refractivity contribution in [1.82, 2.24) is 16.2 Å². The van der Waals surface area contributed by atoms with Gasteiger partial charge in [0, 0.05) is 24.1 Å². The third kappa shape index (κ3) is 7.71. The molecule has 33 heavy (non-hydrogen) atoms. The molecular formula is C24H31N3O6. The smallest absolute Gasteiger partial charge is 0.269 e. The first-order chi connectivity index (χ1) is 15.9. The van der Waals surface area contributed by atoms with Gasteiger partial charge in [-0.3, -0.25) is 25.2 Å². The van der Waals surface area contributed by atoms with Crippen molar-refractivity contribution >= 4 is 17.7 Å². The number of carbonyl (C=O) groups is 3. The molecule has 0 spiro atoms. The van der Waals surface area contributed by atoms with Crippen molar-refractivity contribution in [3.05, 3.63) is 53.1 Å². The summed E-state index contributed by atoms with van der Waals surface area (Å²) in [6, 6.07) is 10.2. The first-order valence-corrected chi connectivity index (χ1v) is 10.9. The molecule has 0 saturated carbocycles. The van der Waals surface area contributed by atoms with E-state index in [2.05, 4.69) is 16.2 Å². The van der Waals surface area contributed by atoms with Crippen LogP contribution >= 0.6 is 0 Å². The Hall–Kier alpha value is -3.75. The Morgan fingerprint density at radius 3 is 2.00 bits per heavy atom. The predicted molar refractivity (Wildman–Crippen MR) is 124 cm³/mol. The lowest BCUT2D eigenvalue weighted by Crippen LogP contribution is -2.42. The molecule has 0 unspecified atom stereocenters. The summed E-state index contributed by atoms with van der Waals surface area (Å²) in [4.78, 5) is 36.8. The summed E-state index contributed by atoms with van der Waals surface area (Å²) in [7, 11) is 0. The monoisotopic (exact) mass is 457 g/mol. The van der Waals surface area contributed by atoms with Crippen LogP contribution in [0.4, 0.5) is 0 Å². The molecule has 0 heterocycles. The second kappa shape index (κ2) is 12.9. The van der Waals surface area contributed by atoms with E-state index in [4.69, 9.17) is 14.2 Å². The molecule has 0 bridgehead atoms. The molecule has 0 aliphatic rings. The number of hydrogen-bond acceptors (Lipinski definition) is 6. The van der Waals surface area contributed by atoms with Gasteiger partial charge >= 0.3 is 0 Å². The van der Waals surface area contributed by atoms with E-state index in [9.17, 15) is 14.4 Å². The number of amides is 3. The van der Waals surface area contributed by atoms with Gasteiger partial charge in [-0.15, -0.1) is 0 Å². The van der Waals surface area contributed by atoms with Crippen LogP contribution in [0.15, 0.2) is 36.4 Å². The standard InChI is InChI=1S/C24H31N3O6/c1-5-31-19-14-18(15-20(32-6-2)22(19)33-7-3)24(30)27-26-21(28)11-12-25-23(29)17-10-8-9-16(4)13-17/h8-10,13-15H,5-7,11-12H2,1-4H3,(H,25,29)(H,26,28)(H,27,30). The van der Waals surface area contributed by atoms with Crippen LogP contribution in [0, 0.1) is 6.92 Å². The number of hydrazine groups is 1. The molecule has 3 amide bonds. The highest BCUT2D eigenvalue weighted by molar-refractivity contribution is 5.97. The van der Waals surface area contributed by atoms with E-state index >= 15 is 0 Å². The van der Waals surface area contributed by atoms with Crippen molar-refractivity contribution < 1.29 is 28.6 Å². The van der Waals surface area contributed by atoms with E-state index < -0.39 is 11.8 Å². The van der Waals surface area contributed by atoms with Gasteiger partial charge in [-0.05, 0) is 52.0 Å². The van der Waals surface area contributed by atoms with Crippen LogP contribution in [-0.2, 0) is 4.79 Å². The molecule has 0 aliphatic carbocycles. The molecule has 2 aromatic carbocycles. The number of aryl methyl sites for hydroxylation is 1. The highest BCUT2D eigenvalue weighted by Gasteiger charge is 2.18. The van der Waals surface area contributed by atoms with Crippen LogP contribution in [0.2, 0.25) is 0 Å². The molecule has 0 fully saturated rings. The predicted octanol–water partition coefficient (Wildman–Crippen LogP) is 2.77. The third-order valence-electron chi connectivity index (χ3n) is 4.40. The molecule has 178 valence electrons. The Morgan fingerprint density at radius 2 is 1.42 bits per heavy atom. The molecular weight excluding hydrogens is 426 g/mol. The molecule has 2 aromatic rings. The number of rotatable bonds is 11. The second-order valence-electron chi connectivity index (χ2n) is 6.98. The van der Waals surface area contributed by atoms with Crippen LogP contribution in [0.5, 0.6) is 17.2 Å². The van der Waals surface area contributed by atoms with Crippen molar-refractivity contribution in [2.24, 2.45) is 0 Å². The Balaban J connectivity index is 1.93. The fourth-order valence-electron chi connectivity index (χ4n) is 2.96. The van der Waals surface area contributed by atoms with Gasteiger partial charge in [0.1, 0.15) is 0 Å². The molecule has 2 rings (SSSR count). The molecule has 9 heteroatoms. The largest absolute Gasteiger partial charge is 0.490 e. The highest BCUT2D eigenvalue weighted by atomic mass is 16.5. The Kier molecular flexibility index (Phi) is 10.0. The normalized spacial score (nSPS) is 10.2. The summed E-state index contributed by atoms with van der Waals surface area (Å²) in [5.74, 6) is -0.0877. The van der Waals surface area contributed by atoms with Crippen LogP contribution in [0.25, 0.3) is 0 Å². The van der Waals surface area contributed by atoms with E-state index in [1.165, 1.54) is 12.1 Å². The van der Waals surface area contributed by atoms with Crippen molar-refractivity contribution in [3.63, 3.8) is 0 Å². The van der Waals surface area contributed by atoms with Crippen LogP contribution in [-0.4, -0.2) is 44.1 Å². The van der Waals surface area contributed by atoms with E-state index in [1.54, 1.807) is 18.2 Å². The number of carbonyl (C=O) groups excluding carboxylic acids is 3. The molecule has 0 aliphatic heterocycles. The van der Waals surface area contributed by atoms with E-state index in [1.807, 2.05) is 33.8 Å². The van der Waals surface area contributed by atoms with Gasteiger partial charge in [-0.25, -0.2) is 0 Å². The lowest BCUT2D eigenvalue weighted by molar-refractivity contribution is -0.121. The lowest BCUT2D eigenvalue weighted by atomic mass is 10.1. The molecule has 0 saturated heterocycles. The van der Waals surface area contributed by atoms with Crippen LogP contribution in [0.3, 0.4) is 0 Å². The van der Waals surface area contributed by atoms with E-state index in [0.717, 1.165) is 5.56 Å². The summed E-state index contributed by atoms with van der Waals surface area (Å²) in [6.45, 7) is 8.66. The number of nitrogens with one attached hydrogen (secondary N) is 3. The minimum absolute atomic E-state index is 0.00446. The van der Waals surface area contributed by atoms with Gasteiger partial charge in [-0.1, -0.05) is 17.7 Å². The summed E-state index contributed by atoms with van der Waals surface area (Å²) in [5, 5.41) is 2.68. The molecule has 3 N–H and O–H groups in total. The SMILES string of the molecule is CCOc1cc(C(=O)NNC(=O)CCNC(=O)c2cccc(C)c2)cc(OCC)c1OCC. The fraction of sp³-hybridized carbons (Fsp3) is 0.375. The third-order valence-corrected chi connectivity index (χ3v) is 4.40. The fourth-order valence-corrected chi connectivity index (χ4v) is 2.96. The Morgan fingerprint density at radius 1 is 0.788 bits per heavy atom. The van der Waals surface area contributed by atoms with Gasteiger partial charge in [-0.2, -0.15) is 0 Å². The second-order valence-corrected chi connectivity index (χ2v) is 6.98. The molecule has 9 nitrogen and oxygen atoms in total. The quantitative estimate of drug-likeness (QED) is 0.447. The maximum atomic E-state index is 12.6. The van der Waals surface area contributed by atoms with Gasteiger partial charge in [0.15, 0.2) is 11.5 Å². The average molecular weight is 458 g/mol. The zero-order chi connectivity index (χ0) is 24.2. The van der Waals surface area contributed by atoms with Crippen molar-refractivity contribution in [3.8, 4) is 17.2 Å². The maximum absolute atomic E-state index is 12.6. The van der Waals surface area contributed by atoms with Crippen molar-refractivity contribution in [1.29, 1.82) is 0 Å². The van der Waals surface area contributed by atoms with Crippen molar-refractivity contribution in [2.45, 2.75) is 34.1 Å². The topological polar surface area (TPSA) is 115 Å². The van der Waals surface area contributed by atoms with E-state index in [0.29, 0.717) is 42.6 Å². The molecule has 0 radical (unpaired) electrons. The van der Waals surface area contributed by atoms with Gasteiger partial charge < -0.3 is 19.5 Å². The average Bonchev–Trinajstić information content (AvgIpc) is 2.79. The van der Waals surface area contributed by atoms with Gasteiger partial charge in [0.25, 0.3) is 11.8 Å². The first kappa shape index (κ1) is 25.5. The molecule has 0 atom stereocenters. The van der Waals surface area contributed by atoms with E-state index in [-0.39, 0.29) is 24.4 Å². The molecule has 0 aromatic heterocycles. The number of benzene rings is 2. The zero-order valence-corrected chi connectivity index (χ0v) is 19.4. The van der Waals surface area contributed by atoms with Crippen molar-refractivity contribution in [2.75, 3.05) is 26.4 Å². The highest BCUT2D eigenvalue weighted by Crippen LogP contribution is 2.39. The minimum Gasteiger partial charge on any atom is -0.490 e. The zero-order valence-electron chi connectivity index (χ0n) is 19.4. The van der Waals surface area contributed by atoms with Gasteiger partial charge in [0.2, 0.25) is 11.7 Å². The van der Waals surface area contributed by atoms with Crippen LogP contribution < -0.4 is 30.4 Å². The van der Waals surface area contributed by atoms with Gasteiger partial charge in [0.05, 0.1) is 19.8 Å². The maximum Gasteiger partial charge on any atom is 0.269 e. The summed E-state index contributed by atoms with van der Waals surface area (Å²) in [6.07, 6.45) is -0.00446. The number of hydrogen-bond donors (Lipinski definition) is 3. The summed E-state index contributed by atoms with van der Waals surface area (Å²) >= 11 is 0. The van der Waals surface area contributed by atoms with Crippen LogP contribution in [0.1, 0.15) is 53.5 Å². The lowest BCUT2D eigenvalue weighted by Gasteiger charge is -2.17. The summed E-state index contributed by atoms with van der Waals surface area (Å²) in [5.41, 5.74) is 6.43. The summed E-state index contributed by atoms with van der Waals surface area (Å²) < 4.78 is 16.8. The first-order valence-electron chi connectivity index (χ1n) is 10.9. The Bertz CT molecular complexity index is 949. The number of ether oxygens (including phenoxy) is 3. The Labute approximate surface area is 193 Å². The minimum atomic E-state index is -0.544.